The van der Waals surface area contributed by atoms with Crippen molar-refractivity contribution in [1.82, 2.24) is 29.5 Å². The number of carbonyl (C=O) groups is 2. The Bertz CT molecular complexity index is 2660. The van der Waals surface area contributed by atoms with Crippen molar-refractivity contribution in [3.05, 3.63) is 69.7 Å². The number of anilines is 5. The first kappa shape index (κ1) is 40.6. The Balaban J connectivity index is 0.788. The minimum Gasteiger partial charge on any atom is -0.480 e. The van der Waals surface area contributed by atoms with Crippen LogP contribution in [0.25, 0.3) is 21.8 Å². The van der Waals surface area contributed by atoms with E-state index in [1.54, 1.807) is 19.3 Å². The third kappa shape index (κ3) is 7.37. The van der Waals surface area contributed by atoms with Gasteiger partial charge in [-0.05, 0) is 75.1 Å². The van der Waals surface area contributed by atoms with Gasteiger partial charge in [-0.15, -0.1) is 0 Å². The number of alkyl halides is 2. The van der Waals surface area contributed by atoms with E-state index in [1.165, 1.54) is 4.57 Å². The maximum atomic E-state index is 15.2. The molecule has 17 heteroatoms. The fourth-order valence-electron chi connectivity index (χ4n) is 10.1. The van der Waals surface area contributed by atoms with E-state index in [-0.39, 0.29) is 23.5 Å². The van der Waals surface area contributed by atoms with Crippen molar-refractivity contribution in [2.24, 2.45) is 25.9 Å². The number of amides is 2. The monoisotopic (exact) mass is 868 g/mol. The van der Waals surface area contributed by atoms with Crippen molar-refractivity contribution in [2.75, 3.05) is 66.3 Å². The molecule has 5 aromatic rings. The van der Waals surface area contributed by atoms with E-state index in [9.17, 15) is 14.4 Å². The zero-order valence-corrected chi connectivity index (χ0v) is 35.9. The second-order valence-corrected chi connectivity index (χ2v) is 18.3. The van der Waals surface area contributed by atoms with Crippen LogP contribution in [0.5, 0.6) is 5.75 Å². The third-order valence-electron chi connectivity index (χ3n) is 13.7. The van der Waals surface area contributed by atoms with Gasteiger partial charge in [0.2, 0.25) is 17.6 Å². The number of nitrogens with zero attached hydrogens (tertiary/aromatic N) is 7. The standard InChI is InChI=1S/C45H51ClF2N10O4/c1-25-22-58(35-6-4-5-29-38(53-55(3)40(29)35)30-10-12-37(59)51-43(30)60)18-17-57(25)23-26-13-15-56(16-14-26)36-20-33(32(46)21-49-36)50-28-9-11-34-31(19-28)39-41(44(61)54(34)2)62-24-45(47,48)42(52-39)27-7-8-27/h4-6,9,11,19-21,25-27,30,42,52H,7-8,10,12-18,22-24H2,1-3H3,(H,49,50)(H,51,59,60)/t25-,30?,42+/m1/s1. The number of hydrogen-bond donors (Lipinski definition) is 3. The summed E-state index contributed by atoms with van der Waals surface area (Å²) in [6.45, 7) is 6.89. The number of pyridine rings is 2. The van der Waals surface area contributed by atoms with Gasteiger partial charge in [-0.1, -0.05) is 23.7 Å². The molecule has 3 aromatic heterocycles. The summed E-state index contributed by atoms with van der Waals surface area (Å²) in [5, 5.41) is 15.8. The van der Waals surface area contributed by atoms with Gasteiger partial charge in [0.1, 0.15) is 5.82 Å². The average molecular weight is 869 g/mol. The van der Waals surface area contributed by atoms with Crippen molar-refractivity contribution in [2.45, 2.75) is 69.4 Å². The molecule has 2 aromatic carbocycles. The van der Waals surface area contributed by atoms with Gasteiger partial charge in [0, 0.05) is 88.4 Å². The van der Waals surface area contributed by atoms with Gasteiger partial charge in [-0.25, -0.2) is 13.8 Å². The van der Waals surface area contributed by atoms with Crippen LogP contribution in [0.2, 0.25) is 5.02 Å². The molecule has 0 spiro atoms. The summed E-state index contributed by atoms with van der Waals surface area (Å²) in [4.78, 5) is 49.9. The lowest BCUT2D eigenvalue weighted by Gasteiger charge is -2.43. The molecule has 0 radical (unpaired) electrons. The molecule has 1 saturated carbocycles. The average Bonchev–Trinajstić information content (AvgIpc) is 4.06. The number of aromatic nitrogens is 4. The molecule has 14 nitrogen and oxygen atoms in total. The molecule has 7 heterocycles. The molecule has 3 saturated heterocycles. The van der Waals surface area contributed by atoms with Crippen molar-refractivity contribution in [3.63, 3.8) is 0 Å². The number of nitrogens with one attached hydrogen (secondary N) is 3. The van der Waals surface area contributed by atoms with Gasteiger partial charge in [0.15, 0.2) is 6.61 Å². The Morgan fingerprint density at radius 3 is 2.53 bits per heavy atom. The number of imide groups is 1. The van der Waals surface area contributed by atoms with E-state index in [0.29, 0.717) is 70.6 Å². The Labute approximate surface area is 362 Å². The Morgan fingerprint density at radius 1 is 0.968 bits per heavy atom. The number of aryl methyl sites for hydroxylation is 2. The number of piperazine rings is 1. The predicted octanol–water partition coefficient (Wildman–Crippen LogP) is 6.38. The summed E-state index contributed by atoms with van der Waals surface area (Å²) in [6.07, 6.45) is 5.92. The lowest BCUT2D eigenvalue weighted by Crippen LogP contribution is -2.54. The lowest BCUT2D eigenvalue weighted by atomic mass is 9.92. The highest BCUT2D eigenvalue weighted by atomic mass is 35.5. The van der Waals surface area contributed by atoms with E-state index < -0.39 is 30.0 Å². The molecule has 3 N–H and O–H groups in total. The number of ether oxygens (including phenoxy) is 1. The first-order valence-corrected chi connectivity index (χ1v) is 22.1. The van der Waals surface area contributed by atoms with Crippen molar-refractivity contribution in [1.29, 1.82) is 0 Å². The van der Waals surface area contributed by atoms with E-state index >= 15 is 8.78 Å². The van der Waals surface area contributed by atoms with Crippen LogP contribution in [-0.2, 0) is 23.7 Å². The molecule has 5 aliphatic rings. The summed E-state index contributed by atoms with van der Waals surface area (Å²) < 4.78 is 39.2. The molecular formula is C45H51ClF2N10O4. The smallest absolute Gasteiger partial charge is 0.301 e. The number of carbonyl (C=O) groups excluding carboxylic acids is 2. The molecule has 3 atom stereocenters. The summed E-state index contributed by atoms with van der Waals surface area (Å²) >= 11 is 6.71. The van der Waals surface area contributed by atoms with Crippen LogP contribution in [-0.4, -0.2) is 99.9 Å². The zero-order chi connectivity index (χ0) is 43.0. The number of fused-ring (bicyclic) bond motifs is 4. The molecule has 4 fully saturated rings. The molecule has 326 valence electrons. The summed E-state index contributed by atoms with van der Waals surface area (Å²) in [5.74, 6) is -2.96. The number of benzene rings is 2. The fraction of sp³-hybridized carbons (Fsp3) is 0.489. The van der Waals surface area contributed by atoms with Crippen LogP contribution in [0.4, 0.5) is 37.3 Å². The highest BCUT2D eigenvalue weighted by molar-refractivity contribution is 6.33. The normalized spacial score (nSPS) is 23.5. The minimum atomic E-state index is -3.12. The predicted molar refractivity (Wildman–Crippen MR) is 236 cm³/mol. The lowest BCUT2D eigenvalue weighted by molar-refractivity contribution is -0.134. The number of rotatable bonds is 8. The Kier molecular flexibility index (Phi) is 10.3. The zero-order valence-electron chi connectivity index (χ0n) is 35.1. The van der Waals surface area contributed by atoms with Crippen LogP contribution >= 0.6 is 11.6 Å². The van der Waals surface area contributed by atoms with E-state index in [2.05, 4.69) is 43.6 Å². The first-order valence-electron chi connectivity index (χ1n) is 21.7. The summed E-state index contributed by atoms with van der Waals surface area (Å²) in [7, 11) is 3.55. The van der Waals surface area contributed by atoms with Gasteiger partial charge in [0.25, 0.3) is 5.56 Å². The quantitative estimate of drug-likeness (QED) is 0.150. The van der Waals surface area contributed by atoms with E-state index in [4.69, 9.17) is 26.4 Å². The topological polar surface area (TPSA) is 142 Å². The van der Waals surface area contributed by atoms with Gasteiger partial charge in [-0.2, -0.15) is 5.10 Å². The third-order valence-corrected chi connectivity index (χ3v) is 14.0. The van der Waals surface area contributed by atoms with Crippen molar-refractivity contribution >= 4 is 73.8 Å². The van der Waals surface area contributed by atoms with Crippen molar-refractivity contribution in [3.8, 4) is 5.75 Å². The van der Waals surface area contributed by atoms with Gasteiger partial charge in [-0.3, -0.25) is 29.3 Å². The Morgan fingerprint density at radius 2 is 1.77 bits per heavy atom. The minimum absolute atomic E-state index is 0.0913. The molecule has 4 aliphatic heterocycles. The number of piperidine rings is 2. The molecule has 10 rings (SSSR count). The second kappa shape index (κ2) is 15.7. The second-order valence-electron chi connectivity index (χ2n) is 17.9. The highest BCUT2D eigenvalue weighted by Crippen LogP contribution is 2.46. The van der Waals surface area contributed by atoms with Gasteiger partial charge >= 0.3 is 5.92 Å². The maximum absolute atomic E-state index is 15.2. The largest absolute Gasteiger partial charge is 0.480 e. The summed E-state index contributed by atoms with van der Waals surface area (Å²) in [5.41, 5.74) is 4.64. The molecule has 1 aliphatic carbocycles. The first-order chi connectivity index (χ1) is 29.8. The van der Waals surface area contributed by atoms with Crippen molar-refractivity contribution < 1.29 is 23.1 Å². The number of hydrogen-bond acceptors (Lipinski definition) is 11. The van der Waals surface area contributed by atoms with Crippen LogP contribution in [0.1, 0.15) is 57.1 Å². The van der Waals surface area contributed by atoms with E-state index in [1.807, 2.05) is 42.1 Å². The maximum Gasteiger partial charge on any atom is 0.301 e. The summed E-state index contributed by atoms with van der Waals surface area (Å²) in [6, 6.07) is 12.9. The van der Waals surface area contributed by atoms with E-state index in [0.717, 1.165) is 80.2 Å². The molecule has 2 amide bonds. The number of para-hydroxylation sites is 1. The Hall–Kier alpha value is -5.48. The van der Waals surface area contributed by atoms with Crippen LogP contribution < -0.4 is 36.0 Å². The highest BCUT2D eigenvalue weighted by Gasteiger charge is 2.51. The van der Waals surface area contributed by atoms with Crippen LogP contribution in [0.3, 0.4) is 0 Å². The van der Waals surface area contributed by atoms with Crippen LogP contribution in [0, 0.1) is 11.8 Å². The molecule has 1 unspecified atom stereocenters. The molecule has 62 heavy (non-hydrogen) atoms. The number of halogens is 3. The van der Waals surface area contributed by atoms with Gasteiger partial charge < -0.3 is 29.7 Å². The van der Waals surface area contributed by atoms with Crippen LogP contribution in [0.15, 0.2) is 53.5 Å². The molecular weight excluding hydrogens is 818 g/mol. The fourth-order valence-corrected chi connectivity index (χ4v) is 10.3. The SMILES string of the molecule is C[C@@H]1CN(c2cccc3c(C4CCC(=O)NC4=O)nn(C)c23)CCN1CC1CCN(c2cc(Nc3ccc4c(c3)c3c(c(=O)n4C)OCC(F)(F)[C@H](C4CC4)N3)c(Cl)cn2)CC1. The van der Waals surface area contributed by atoms with Gasteiger partial charge in [0.05, 0.1) is 57.0 Å². The molecule has 0 bridgehead atoms.